The number of halogens is 4. The quantitative estimate of drug-likeness (QED) is 0.848. The van der Waals surface area contributed by atoms with Crippen molar-refractivity contribution in [1.29, 1.82) is 0 Å². The molecule has 0 aliphatic rings. The fraction of sp³-hybridized carbons (Fsp3) is 0.0769. The van der Waals surface area contributed by atoms with Crippen molar-refractivity contribution in [1.82, 2.24) is 0 Å². The highest BCUT2D eigenvalue weighted by atomic mass is 35.5. The fourth-order valence-corrected chi connectivity index (χ4v) is 1.95. The molecule has 2 aromatic rings. The summed E-state index contributed by atoms with van der Waals surface area (Å²) in [5.41, 5.74) is 0.500. The summed E-state index contributed by atoms with van der Waals surface area (Å²) >= 11 is 11.6. The molecule has 0 atom stereocenters. The Morgan fingerprint density at radius 3 is 2.50 bits per heavy atom. The maximum atomic E-state index is 13.5. The molecule has 0 aliphatic carbocycles. The van der Waals surface area contributed by atoms with Crippen LogP contribution in [0.3, 0.4) is 0 Å². The van der Waals surface area contributed by atoms with Crippen LogP contribution in [0.5, 0.6) is 0 Å². The summed E-state index contributed by atoms with van der Waals surface area (Å²) in [5.74, 6) is -0.885. The van der Waals surface area contributed by atoms with Gasteiger partial charge in [-0.25, -0.2) is 8.78 Å². The van der Waals surface area contributed by atoms with Crippen LogP contribution in [0, 0.1) is 11.6 Å². The Balaban J connectivity index is 2.19. The SMILES string of the molecule is Fc1ccc(Cl)cc1CNc1c(F)cccc1Cl. The van der Waals surface area contributed by atoms with Gasteiger partial charge in [0.2, 0.25) is 0 Å². The first-order valence-electron chi connectivity index (χ1n) is 5.20. The van der Waals surface area contributed by atoms with E-state index < -0.39 is 11.6 Å². The van der Waals surface area contributed by atoms with Crippen LogP contribution in [-0.2, 0) is 6.54 Å². The molecule has 0 saturated heterocycles. The van der Waals surface area contributed by atoms with Gasteiger partial charge in [0.05, 0.1) is 10.7 Å². The second kappa shape index (κ2) is 5.55. The van der Waals surface area contributed by atoms with Crippen molar-refractivity contribution in [3.63, 3.8) is 0 Å². The van der Waals surface area contributed by atoms with Gasteiger partial charge in [0, 0.05) is 17.1 Å². The number of nitrogens with one attached hydrogen (secondary N) is 1. The molecule has 0 radical (unpaired) electrons. The lowest BCUT2D eigenvalue weighted by Gasteiger charge is -2.10. The molecule has 0 saturated carbocycles. The van der Waals surface area contributed by atoms with Crippen LogP contribution in [-0.4, -0.2) is 0 Å². The van der Waals surface area contributed by atoms with Crippen molar-refractivity contribution in [2.75, 3.05) is 5.32 Å². The van der Waals surface area contributed by atoms with E-state index >= 15 is 0 Å². The summed E-state index contributed by atoms with van der Waals surface area (Å²) in [6.07, 6.45) is 0. The van der Waals surface area contributed by atoms with E-state index in [9.17, 15) is 8.78 Å². The normalized spacial score (nSPS) is 10.4. The van der Waals surface area contributed by atoms with Crippen molar-refractivity contribution >= 4 is 28.9 Å². The minimum absolute atomic E-state index is 0.104. The van der Waals surface area contributed by atoms with E-state index in [1.54, 1.807) is 6.07 Å². The number of para-hydroxylation sites is 1. The molecule has 1 nitrogen and oxygen atoms in total. The standard InChI is InChI=1S/C13H9Cl2F2N/c14-9-4-5-11(16)8(6-9)7-18-13-10(15)2-1-3-12(13)17/h1-6,18H,7H2. The Hall–Kier alpha value is -1.32. The third kappa shape index (κ3) is 2.92. The third-order valence-electron chi connectivity index (χ3n) is 2.43. The van der Waals surface area contributed by atoms with E-state index in [1.165, 1.54) is 30.3 Å². The maximum absolute atomic E-state index is 13.5. The zero-order valence-corrected chi connectivity index (χ0v) is 10.7. The summed E-state index contributed by atoms with van der Waals surface area (Å²) < 4.78 is 26.9. The average Bonchev–Trinajstić information content (AvgIpc) is 2.33. The van der Waals surface area contributed by atoms with Gasteiger partial charge in [-0.2, -0.15) is 0 Å². The maximum Gasteiger partial charge on any atom is 0.147 e. The average molecular weight is 288 g/mol. The highest BCUT2D eigenvalue weighted by Gasteiger charge is 2.08. The molecule has 18 heavy (non-hydrogen) atoms. The van der Waals surface area contributed by atoms with Gasteiger partial charge in [0.1, 0.15) is 11.6 Å². The molecule has 5 heteroatoms. The lowest BCUT2D eigenvalue weighted by Crippen LogP contribution is -2.04. The molecule has 0 spiro atoms. The number of hydrogen-bond acceptors (Lipinski definition) is 1. The number of anilines is 1. The monoisotopic (exact) mass is 287 g/mol. The minimum Gasteiger partial charge on any atom is -0.377 e. The first-order valence-corrected chi connectivity index (χ1v) is 5.95. The van der Waals surface area contributed by atoms with Gasteiger partial charge in [-0.15, -0.1) is 0 Å². The number of hydrogen-bond donors (Lipinski definition) is 1. The van der Waals surface area contributed by atoms with Crippen LogP contribution >= 0.6 is 23.2 Å². The predicted octanol–water partition coefficient (Wildman–Crippen LogP) is 4.88. The van der Waals surface area contributed by atoms with Crippen molar-refractivity contribution in [2.24, 2.45) is 0 Å². The smallest absolute Gasteiger partial charge is 0.147 e. The van der Waals surface area contributed by atoms with Crippen LogP contribution in [0.2, 0.25) is 10.0 Å². The topological polar surface area (TPSA) is 12.0 Å². The number of rotatable bonds is 3. The van der Waals surface area contributed by atoms with Crippen molar-refractivity contribution < 1.29 is 8.78 Å². The van der Waals surface area contributed by atoms with Crippen molar-refractivity contribution in [3.05, 3.63) is 63.6 Å². The molecule has 0 heterocycles. The van der Waals surface area contributed by atoms with E-state index in [4.69, 9.17) is 23.2 Å². The fourth-order valence-electron chi connectivity index (χ4n) is 1.53. The largest absolute Gasteiger partial charge is 0.377 e. The molecule has 1 N–H and O–H groups in total. The van der Waals surface area contributed by atoms with Crippen LogP contribution in [0.1, 0.15) is 5.56 Å². The zero-order valence-electron chi connectivity index (χ0n) is 9.18. The van der Waals surface area contributed by atoms with Gasteiger partial charge in [-0.1, -0.05) is 29.3 Å². The Labute approximate surface area is 113 Å². The molecular formula is C13H9Cl2F2N. The van der Waals surface area contributed by atoms with Gasteiger partial charge in [0.15, 0.2) is 0 Å². The Morgan fingerprint density at radius 1 is 1.00 bits per heavy atom. The molecule has 2 aromatic carbocycles. The first kappa shape index (κ1) is 13.1. The summed E-state index contributed by atoms with van der Waals surface area (Å²) in [6.45, 7) is 0.104. The van der Waals surface area contributed by atoms with Crippen molar-refractivity contribution in [2.45, 2.75) is 6.54 Å². The summed E-state index contributed by atoms with van der Waals surface area (Å²) in [6, 6.07) is 8.55. The summed E-state index contributed by atoms with van der Waals surface area (Å²) in [4.78, 5) is 0. The lowest BCUT2D eigenvalue weighted by atomic mass is 10.2. The molecule has 2 rings (SSSR count). The van der Waals surface area contributed by atoms with E-state index in [0.29, 0.717) is 10.6 Å². The van der Waals surface area contributed by atoms with E-state index in [-0.39, 0.29) is 17.3 Å². The van der Waals surface area contributed by atoms with Gasteiger partial charge >= 0.3 is 0 Å². The highest BCUT2D eigenvalue weighted by molar-refractivity contribution is 6.33. The second-order valence-corrected chi connectivity index (χ2v) is 4.53. The van der Waals surface area contributed by atoms with Crippen LogP contribution in [0.25, 0.3) is 0 Å². The second-order valence-electron chi connectivity index (χ2n) is 3.69. The Bertz CT molecular complexity index is 553. The molecule has 0 aromatic heterocycles. The molecule has 0 bridgehead atoms. The zero-order chi connectivity index (χ0) is 13.1. The minimum atomic E-state index is -0.482. The molecule has 0 fully saturated rings. The van der Waals surface area contributed by atoms with Crippen LogP contribution in [0.4, 0.5) is 14.5 Å². The molecule has 0 aliphatic heterocycles. The Kier molecular flexibility index (Phi) is 4.04. The predicted molar refractivity (Wildman–Crippen MR) is 70.1 cm³/mol. The third-order valence-corrected chi connectivity index (χ3v) is 2.98. The summed E-state index contributed by atoms with van der Waals surface area (Å²) in [7, 11) is 0. The van der Waals surface area contributed by atoms with Crippen molar-refractivity contribution in [3.8, 4) is 0 Å². The van der Waals surface area contributed by atoms with Gasteiger partial charge < -0.3 is 5.32 Å². The van der Waals surface area contributed by atoms with Crippen LogP contribution < -0.4 is 5.32 Å². The highest BCUT2D eigenvalue weighted by Crippen LogP contribution is 2.25. The van der Waals surface area contributed by atoms with Gasteiger partial charge in [-0.05, 0) is 30.3 Å². The lowest BCUT2D eigenvalue weighted by molar-refractivity contribution is 0.610. The molecule has 94 valence electrons. The molecule has 0 amide bonds. The van der Waals surface area contributed by atoms with E-state index in [1.807, 2.05) is 0 Å². The Morgan fingerprint density at radius 2 is 1.78 bits per heavy atom. The van der Waals surface area contributed by atoms with Crippen LogP contribution in [0.15, 0.2) is 36.4 Å². The summed E-state index contributed by atoms with van der Waals surface area (Å²) in [5, 5.41) is 3.43. The number of benzene rings is 2. The molecular weight excluding hydrogens is 279 g/mol. The molecule has 0 unspecified atom stereocenters. The van der Waals surface area contributed by atoms with E-state index in [2.05, 4.69) is 5.32 Å². The first-order chi connectivity index (χ1) is 8.58. The van der Waals surface area contributed by atoms with Gasteiger partial charge in [-0.3, -0.25) is 0 Å². The van der Waals surface area contributed by atoms with E-state index in [0.717, 1.165) is 0 Å². The van der Waals surface area contributed by atoms with Gasteiger partial charge in [0.25, 0.3) is 0 Å².